The Morgan fingerprint density at radius 1 is 1.00 bits per heavy atom. The minimum absolute atomic E-state index is 0.152. The van der Waals surface area contributed by atoms with Crippen molar-refractivity contribution in [1.82, 2.24) is 20.0 Å². The molecule has 0 unspecified atom stereocenters. The van der Waals surface area contributed by atoms with Gasteiger partial charge in [0.15, 0.2) is 5.82 Å². The van der Waals surface area contributed by atoms with E-state index >= 15 is 0 Å². The number of fused-ring (bicyclic) bond motifs is 1. The molecule has 3 N–H and O–H groups in total. The van der Waals surface area contributed by atoms with Gasteiger partial charge in [0.2, 0.25) is 5.91 Å². The number of aromatic nitrogens is 2. The summed E-state index contributed by atoms with van der Waals surface area (Å²) < 4.78 is 0. The number of anilines is 2. The Morgan fingerprint density at radius 3 is 2.35 bits per heavy atom. The molecule has 2 aromatic carbocycles. The summed E-state index contributed by atoms with van der Waals surface area (Å²) in [6, 6.07) is 17.5. The Morgan fingerprint density at radius 2 is 1.70 bits per heavy atom. The molecule has 9 heteroatoms. The Bertz CT molecular complexity index is 1230. The van der Waals surface area contributed by atoms with Crippen molar-refractivity contribution in [1.29, 1.82) is 0 Å². The number of piperazine rings is 1. The Hall–Kier alpha value is -3.69. The molecule has 2 amide bonds. The first-order valence-corrected chi connectivity index (χ1v) is 12.9. The third-order valence-electron chi connectivity index (χ3n) is 7.42. The lowest BCUT2D eigenvalue weighted by molar-refractivity contribution is -0.134. The molecule has 3 heterocycles. The standard InChI is InChI=1S/C28H34N6O3/c1-19(2)32-12-14-33(15-13-32)22-10-8-21(9-11-22)27(36)29-26-23-16-34(17-25(23)30-31-26)28(37)24(18-35)20-6-4-3-5-7-20/h3-11,19,24,35H,12-18H2,1-2H3,(H2,29,30,31,36)/t24-/m1/s1. The number of benzene rings is 2. The summed E-state index contributed by atoms with van der Waals surface area (Å²) in [5.41, 5.74) is 4.04. The summed E-state index contributed by atoms with van der Waals surface area (Å²) >= 11 is 0. The molecule has 0 aliphatic carbocycles. The predicted octanol–water partition coefficient (Wildman–Crippen LogP) is 2.81. The average molecular weight is 503 g/mol. The molecule has 9 nitrogen and oxygen atoms in total. The number of hydrogen-bond donors (Lipinski definition) is 3. The Labute approximate surface area is 217 Å². The van der Waals surface area contributed by atoms with Gasteiger partial charge in [-0.1, -0.05) is 30.3 Å². The van der Waals surface area contributed by atoms with E-state index in [1.165, 1.54) is 0 Å². The van der Waals surface area contributed by atoms with Gasteiger partial charge in [-0.15, -0.1) is 0 Å². The number of carbonyl (C=O) groups excluding carboxylic acids is 2. The maximum absolute atomic E-state index is 13.1. The second-order valence-electron chi connectivity index (χ2n) is 9.99. The van der Waals surface area contributed by atoms with E-state index < -0.39 is 5.92 Å². The molecule has 0 saturated carbocycles. The number of rotatable bonds is 7. The van der Waals surface area contributed by atoms with Crippen LogP contribution in [-0.4, -0.2) is 75.7 Å². The lowest BCUT2D eigenvalue weighted by Gasteiger charge is -2.38. The van der Waals surface area contributed by atoms with Gasteiger partial charge in [-0.2, -0.15) is 5.10 Å². The van der Waals surface area contributed by atoms with Crippen molar-refractivity contribution in [2.24, 2.45) is 0 Å². The largest absolute Gasteiger partial charge is 0.395 e. The number of aliphatic hydroxyl groups excluding tert-OH is 1. The minimum Gasteiger partial charge on any atom is -0.395 e. The topological polar surface area (TPSA) is 105 Å². The zero-order valence-electron chi connectivity index (χ0n) is 21.4. The number of aromatic amines is 1. The van der Waals surface area contributed by atoms with E-state index in [2.05, 4.69) is 39.2 Å². The van der Waals surface area contributed by atoms with Crippen molar-refractivity contribution in [3.63, 3.8) is 0 Å². The molecule has 3 aromatic rings. The monoisotopic (exact) mass is 502 g/mol. The molecule has 0 bridgehead atoms. The molecular weight excluding hydrogens is 468 g/mol. The van der Waals surface area contributed by atoms with Crippen LogP contribution < -0.4 is 10.2 Å². The summed E-state index contributed by atoms with van der Waals surface area (Å²) in [6.45, 7) is 8.89. The second-order valence-corrected chi connectivity index (χ2v) is 9.99. The predicted molar refractivity (Wildman–Crippen MR) is 142 cm³/mol. The third-order valence-corrected chi connectivity index (χ3v) is 7.42. The van der Waals surface area contributed by atoms with Crippen LogP contribution in [0, 0.1) is 0 Å². The molecule has 2 aliphatic rings. The van der Waals surface area contributed by atoms with Crippen LogP contribution in [0.1, 0.15) is 46.9 Å². The number of nitrogens with one attached hydrogen (secondary N) is 2. The quantitative estimate of drug-likeness (QED) is 0.459. The zero-order valence-corrected chi connectivity index (χ0v) is 21.4. The number of amides is 2. The van der Waals surface area contributed by atoms with E-state index in [0.717, 1.165) is 48.7 Å². The van der Waals surface area contributed by atoms with Crippen LogP contribution in [0.25, 0.3) is 0 Å². The lowest BCUT2D eigenvalue weighted by atomic mass is 9.98. The van der Waals surface area contributed by atoms with Crippen molar-refractivity contribution in [3.05, 3.63) is 77.0 Å². The van der Waals surface area contributed by atoms with Crippen LogP contribution >= 0.6 is 0 Å². The van der Waals surface area contributed by atoms with E-state index in [1.807, 2.05) is 54.6 Å². The van der Waals surface area contributed by atoms with Gasteiger partial charge in [0.25, 0.3) is 5.91 Å². The van der Waals surface area contributed by atoms with E-state index in [-0.39, 0.29) is 18.4 Å². The molecule has 37 heavy (non-hydrogen) atoms. The maximum atomic E-state index is 13.1. The highest BCUT2D eigenvalue weighted by Gasteiger charge is 2.33. The maximum Gasteiger partial charge on any atom is 0.256 e. The number of H-pyrrole nitrogens is 1. The first kappa shape index (κ1) is 25.0. The summed E-state index contributed by atoms with van der Waals surface area (Å²) in [4.78, 5) is 32.6. The van der Waals surface area contributed by atoms with E-state index in [1.54, 1.807) is 4.90 Å². The van der Waals surface area contributed by atoms with Gasteiger partial charge in [-0.25, -0.2) is 0 Å². The average Bonchev–Trinajstić information content (AvgIpc) is 3.52. The van der Waals surface area contributed by atoms with Crippen molar-refractivity contribution in [3.8, 4) is 0 Å². The third kappa shape index (κ3) is 5.23. The Balaban J connectivity index is 1.21. The molecule has 1 fully saturated rings. The van der Waals surface area contributed by atoms with Gasteiger partial charge in [-0.05, 0) is 43.7 Å². The first-order valence-electron chi connectivity index (χ1n) is 12.9. The molecule has 0 radical (unpaired) electrons. The molecule has 2 aliphatic heterocycles. The van der Waals surface area contributed by atoms with Crippen LogP contribution in [0.3, 0.4) is 0 Å². The molecule has 5 rings (SSSR count). The molecule has 1 saturated heterocycles. The summed E-state index contributed by atoms with van der Waals surface area (Å²) in [5.74, 6) is -0.583. The van der Waals surface area contributed by atoms with Crippen LogP contribution in [0.2, 0.25) is 0 Å². The smallest absolute Gasteiger partial charge is 0.256 e. The SMILES string of the molecule is CC(C)N1CCN(c2ccc(C(=O)Nc3n[nH]c4c3CN(C(=O)[C@H](CO)c3ccccc3)C4)cc2)CC1. The normalized spacial score (nSPS) is 16.6. The zero-order chi connectivity index (χ0) is 25.9. The molecular formula is C28H34N6O3. The number of carbonyl (C=O) groups is 2. The highest BCUT2D eigenvalue weighted by molar-refractivity contribution is 6.04. The van der Waals surface area contributed by atoms with Crippen LogP contribution in [0.5, 0.6) is 0 Å². The van der Waals surface area contributed by atoms with E-state index in [4.69, 9.17) is 0 Å². The van der Waals surface area contributed by atoms with Crippen LogP contribution in [0.15, 0.2) is 54.6 Å². The fourth-order valence-electron chi connectivity index (χ4n) is 5.13. The molecule has 0 spiro atoms. The van der Waals surface area contributed by atoms with Gasteiger partial charge in [0, 0.05) is 49.0 Å². The summed E-state index contributed by atoms with van der Waals surface area (Å²) in [5, 5.41) is 20.0. The highest BCUT2D eigenvalue weighted by Crippen LogP contribution is 2.30. The lowest BCUT2D eigenvalue weighted by Crippen LogP contribution is -2.48. The number of nitrogens with zero attached hydrogens (tertiary/aromatic N) is 4. The Kier molecular flexibility index (Phi) is 7.25. The summed E-state index contributed by atoms with van der Waals surface area (Å²) in [7, 11) is 0. The molecule has 194 valence electrons. The van der Waals surface area contributed by atoms with Gasteiger partial charge < -0.3 is 20.2 Å². The van der Waals surface area contributed by atoms with Gasteiger partial charge in [0.1, 0.15) is 0 Å². The van der Waals surface area contributed by atoms with Crippen molar-refractivity contribution < 1.29 is 14.7 Å². The van der Waals surface area contributed by atoms with E-state index in [9.17, 15) is 14.7 Å². The van der Waals surface area contributed by atoms with Crippen molar-refractivity contribution >= 4 is 23.3 Å². The van der Waals surface area contributed by atoms with Crippen molar-refractivity contribution in [2.75, 3.05) is 43.0 Å². The van der Waals surface area contributed by atoms with E-state index in [0.29, 0.717) is 30.5 Å². The number of aliphatic hydroxyl groups is 1. The summed E-state index contributed by atoms with van der Waals surface area (Å²) in [6.07, 6.45) is 0. The fourth-order valence-corrected chi connectivity index (χ4v) is 5.13. The minimum atomic E-state index is -0.622. The second kappa shape index (κ2) is 10.7. The fraction of sp³-hybridized carbons (Fsp3) is 0.393. The van der Waals surface area contributed by atoms with Crippen molar-refractivity contribution in [2.45, 2.75) is 38.9 Å². The van der Waals surface area contributed by atoms with Gasteiger partial charge >= 0.3 is 0 Å². The number of hydrogen-bond acceptors (Lipinski definition) is 6. The van der Waals surface area contributed by atoms with Gasteiger partial charge in [0.05, 0.1) is 31.3 Å². The molecule has 1 atom stereocenters. The van der Waals surface area contributed by atoms with Crippen LogP contribution in [-0.2, 0) is 17.9 Å². The molecule has 1 aromatic heterocycles. The van der Waals surface area contributed by atoms with Gasteiger partial charge in [-0.3, -0.25) is 19.6 Å². The van der Waals surface area contributed by atoms with Crippen LogP contribution in [0.4, 0.5) is 11.5 Å². The first-order chi connectivity index (χ1) is 17.9. The highest BCUT2D eigenvalue weighted by atomic mass is 16.3.